The van der Waals surface area contributed by atoms with Crippen molar-refractivity contribution in [2.24, 2.45) is 5.73 Å². The highest BCUT2D eigenvalue weighted by Gasteiger charge is 2.35. The third kappa shape index (κ3) is 11.7. The standard InChI is InChI=1S/C12H14Cl2N2O6.C6H15N.C4H11NO3/c1-6-7(13)2-8(14)10(16(21)22)9(6)11(20)15-12(3-17,4-18)5-19;1-4-7(5-2)6-3;5-4(1-6,2-7)3-8/h2,17-19H,3-5H2,1H3,(H,15,20);4-6H2,1-3H3;6-8H,1-3,5H2. The summed E-state index contributed by atoms with van der Waals surface area (Å²) in [5, 5.41) is 65.7. The average molecular weight is 575 g/mol. The van der Waals surface area contributed by atoms with Crippen LogP contribution in [-0.2, 0) is 0 Å². The van der Waals surface area contributed by atoms with Gasteiger partial charge in [-0.15, -0.1) is 0 Å². The highest BCUT2D eigenvalue weighted by molar-refractivity contribution is 6.37. The van der Waals surface area contributed by atoms with Gasteiger partial charge in [0.05, 0.1) is 50.1 Å². The topological polar surface area (TPSA) is 223 Å². The summed E-state index contributed by atoms with van der Waals surface area (Å²) < 4.78 is 0. The van der Waals surface area contributed by atoms with Crippen molar-refractivity contribution in [1.29, 1.82) is 0 Å². The Bertz CT molecular complexity index is 813. The van der Waals surface area contributed by atoms with Crippen LogP contribution >= 0.6 is 23.2 Å². The Labute approximate surface area is 226 Å². The van der Waals surface area contributed by atoms with Gasteiger partial charge in [0, 0.05) is 5.02 Å². The van der Waals surface area contributed by atoms with Crippen LogP contribution in [0.5, 0.6) is 0 Å². The highest BCUT2D eigenvalue weighted by atomic mass is 35.5. The van der Waals surface area contributed by atoms with Gasteiger partial charge in [0.25, 0.3) is 5.91 Å². The number of nitrogens with zero attached hydrogens (tertiary/aromatic N) is 2. The molecule has 0 unspecified atom stereocenters. The Balaban J connectivity index is 0. The number of halogens is 2. The number of amides is 1. The van der Waals surface area contributed by atoms with Gasteiger partial charge in [-0.05, 0) is 38.2 Å². The minimum atomic E-state index is -1.73. The number of carbonyl (C=O) groups is 1. The lowest BCUT2D eigenvalue weighted by atomic mass is 10.00. The lowest BCUT2D eigenvalue weighted by Gasteiger charge is -2.28. The van der Waals surface area contributed by atoms with Crippen LogP contribution in [0.4, 0.5) is 5.69 Å². The van der Waals surface area contributed by atoms with Gasteiger partial charge in [-0.2, -0.15) is 0 Å². The molecule has 0 bridgehead atoms. The number of carbonyl (C=O) groups excluding carboxylic acids is 1. The van der Waals surface area contributed by atoms with Crippen molar-refractivity contribution in [1.82, 2.24) is 10.2 Å². The van der Waals surface area contributed by atoms with Crippen LogP contribution in [-0.4, -0.2) is 117 Å². The number of benzene rings is 1. The minimum absolute atomic E-state index is 0.0448. The third-order valence-electron chi connectivity index (χ3n) is 5.43. The van der Waals surface area contributed by atoms with Gasteiger partial charge in [-0.25, -0.2) is 0 Å². The second-order valence-electron chi connectivity index (χ2n) is 8.11. The number of aliphatic hydroxyl groups excluding tert-OH is 6. The number of rotatable bonds is 12. The Morgan fingerprint density at radius 1 is 0.946 bits per heavy atom. The predicted octanol–water partition coefficient (Wildman–Crippen LogP) is -0.336. The Morgan fingerprint density at radius 2 is 1.35 bits per heavy atom. The normalized spacial score (nSPS) is 11.3. The van der Waals surface area contributed by atoms with E-state index in [0.29, 0.717) is 0 Å². The average Bonchev–Trinajstić information content (AvgIpc) is 2.90. The van der Waals surface area contributed by atoms with E-state index in [4.69, 9.17) is 44.3 Å². The number of nitrogens with one attached hydrogen (secondary N) is 1. The molecular formula is C22H40Cl2N4O9. The monoisotopic (exact) mass is 574 g/mol. The Hall–Kier alpha value is -1.65. The maximum Gasteiger partial charge on any atom is 0.300 e. The van der Waals surface area contributed by atoms with E-state index in [1.165, 1.54) is 26.6 Å². The molecule has 0 aromatic heterocycles. The molecule has 0 aliphatic heterocycles. The molecule has 0 aliphatic carbocycles. The largest absolute Gasteiger partial charge is 0.394 e. The Kier molecular flexibility index (Phi) is 18.8. The van der Waals surface area contributed by atoms with Gasteiger partial charge in [-0.3, -0.25) is 14.9 Å². The van der Waals surface area contributed by atoms with Crippen molar-refractivity contribution in [2.45, 2.75) is 38.8 Å². The summed E-state index contributed by atoms with van der Waals surface area (Å²) in [6.07, 6.45) is 0. The molecule has 15 heteroatoms. The third-order valence-corrected chi connectivity index (χ3v) is 6.11. The molecule has 0 spiro atoms. The zero-order chi connectivity index (χ0) is 29.4. The summed E-state index contributed by atoms with van der Waals surface area (Å²) >= 11 is 11.6. The van der Waals surface area contributed by atoms with E-state index in [2.05, 4.69) is 31.0 Å². The Morgan fingerprint density at radius 3 is 1.59 bits per heavy atom. The summed E-state index contributed by atoms with van der Waals surface area (Å²) in [5.41, 5.74) is 1.27. The van der Waals surface area contributed by atoms with Crippen molar-refractivity contribution in [3.05, 3.63) is 37.4 Å². The van der Waals surface area contributed by atoms with E-state index in [-0.39, 0.29) is 15.6 Å². The van der Waals surface area contributed by atoms with E-state index < -0.39 is 72.8 Å². The summed E-state index contributed by atoms with van der Waals surface area (Å²) in [4.78, 5) is 25.0. The van der Waals surface area contributed by atoms with E-state index in [0.717, 1.165) is 6.07 Å². The molecule has 13 nitrogen and oxygen atoms in total. The van der Waals surface area contributed by atoms with Crippen molar-refractivity contribution in [3.8, 4) is 0 Å². The highest BCUT2D eigenvalue weighted by Crippen LogP contribution is 2.35. The summed E-state index contributed by atoms with van der Waals surface area (Å²) in [7, 11) is 0. The first kappa shape index (κ1) is 37.5. The fourth-order valence-electron chi connectivity index (χ4n) is 2.55. The van der Waals surface area contributed by atoms with Crippen LogP contribution in [0.2, 0.25) is 10.0 Å². The van der Waals surface area contributed by atoms with Crippen LogP contribution in [0.25, 0.3) is 0 Å². The van der Waals surface area contributed by atoms with Crippen molar-refractivity contribution >= 4 is 34.8 Å². The lowest BCUT2D eigenvalue weighted by Crippen LogP contribution is -2.57. The molecule has 1 amide bonds. The molecule has 1 aromatic rings. The molecule has 0 saturated heterocycles. The first-order valence-electron chi connectivity index (χ1n) is 11.4. The molecule has 0 heterocycles. The number of nitrogens with two attached hydrogens (primary N) is 1. The summed E-state index contributed by atoms with van der Waals surface area (Å²) in [6, 6.07) is 1.14. The quantitative estimate of drug-likeness (QED) is 0.119. The molecule has 0 saturated carbocycles. The second kappa shape index (κ2) is 18.6. The second-order valence-corrected chi connectivity index (χ2v) is 8.93. The summed E-state index contributed by atoms with van der Waals surface area (Å²) in [6.45, 7) is 7.99. The maximum atomic E-state index is 12.3. The molecule has 9 N–H and O–H groups in total. The van der Waals surface area contributed by atoms with E-state index in [1.807, 2.05) is 0 Å². The number of hydrogen-bond acceptors (Lipinski definition) is 11. The van der Waals surface area contributed by atoms with Crippen LogP contribution in [0.3, 0.4) is 0 Å². The van der Waals surface area contributed by atoms with Crippen LogP contribution in [0.15, 0.2) is 6.07 Å². The molecule has 0 atom stereocenters. The maximum absolute atomic E-state index is 12.3. The van der Waals surface area contributed by atoms with Gasteiger partial charge in [0.1, 0.15) is 16.1 Å². The summed E-state index contributed by atoms with van der Waals surface area (Å²) in [5.74, 6) is -0.995. The minimum Gasteiger partial charge on any atom is -0.394 e. The molecule has 0 radical (unpaired) electrons. The molecule has 37 heavy (non-hydrogen) atoms. The molecule has 216 valence electrons. The van der Waals surface area contributed by atoms with Gasteiger partial charge < -0.3 is 46.6 Å². The zero-order valence-electron chi connectivity index (χ0n) is 21.6. The number of nitro groups is 1. The first-order chi connectivity index (χ1) is 17.3. The van der Waals surface area contributed by atoms with Gasteiger partial charge in [-0.1, -0.05) is 44.0 Å². The fraction of sp³-hybridized carbons (Fsp3) is 0.682. The lowest BCUT2D eigenvalue weighted by molar-refractivity contribution is -0.385. The SMILES string of the molecule is CCN(CC)CC.Cc1c(Cl)cc(Cl)c([N+](=O)[O-])c1C(=O)NC(CO)(CO)CO.NC(CO)(CO)CO. The van der Waals surface area contributed by atoms with E-state index >= 15 is 0 Å². The number of aliphatic hydroxyl groups is 6. The van der Waals surface area contributed by atoms with Crippen LogP contribution in [0.1, 0.15) is 36.7 Å². The molecular weight excluding hydrogens is 535 g/mol. The van der Waals surface area contributed by atoms with Crippen LogP contribution < -0.4 is 11.1 Å². The van der Waals surface area contributed by atoms with Gasteiger partial charge in [0.15, 0.2) is 0 Å². The molecule has 1 aromatic carbocycles. The predicted molar refractivity (Wildman–Crippen MR) is 141 cm³/mol. The number of nitro benzene ring substituents is 1. The zero-order valence-corrected chi connectivity index (χ0v) is 23.1. The van der Waals surface area contributed by atoms with E-state index in [1.54, 1.807) is 0 Å². The van der Waals surface area contributed by atoms with Gasteiger partial charge >= 0.3 is 5.69 Å². The fourth-order valence-corrected chi connectivity index (χ4v) is 3.09. The van der Waals surface area contributed by atoms with Crippen molar-refractivity contribution in [2.75, 3.05) is 59.3 Å². The van der Waals surface area contributed by atoms with Crippen LogP contribution in [0, 0.1) is 17.0 Å². The molecule has 1 rings (SSSR count). The smallest absolute Gasteiger partial charge is 0.300 e. The van der Waals surface area contributed by atoms with E-state index in [9.17, 15) is 30.2 Å². The first-order valence-corrected chi connectivity index (χ1v) is 12.1. The van der Waals surface area contributed by atoms with Gasteiger partial charge in [0.2, 0.25) is 0 Å². The number of hydrogen-bond donors (Lipinski definition) is 8. The molecule has 0 aliphatic rings. The molecule has 0 fully saturated rings. The van der Waals surface area contributed by atoms with Crippen molar-refractivity contribution in [3.63, 3.8) is 0 Å². The van der Waals surface area contributed by atoms with Crippen molar-refractivity contribution < 1.29 is 40.4 Å².